The van der Waals surface area contributed by atoms with Crippen molar-refractivity contribution in [3.63, 3.8) is 0 Å². The van der Waals surface area contributed by atoms with Gasteiger partial charge in [-0.05, 0) is 66.3 Å². The molecule has 0 aromatic heterocycles. The van der Waals surface area contributed by atoms with Crippen LogP contribution < -0.4 is 10.6 Å². The molecule has 126 valence electrons. The molecule has 1 atom stereocenters. The molecule has 2 N–H and O–H groups in total. The molecule has 0 radical (unpaired) electrons. The number of carbonyl (C=O) groups is 1. The number of anilines is 1. The fourth-order valence-corrected chi connectivity index (χ4v) is 3.38. The smallest absolute Gasteiger partial charge is 0.223 e. The van der Waals surface area contributed by atoms with E-state index in [0.717, 1.165) is 35.2 Å². The maximum absolute atomic E-state index is 14.4. The zero-order valence-electron chi connectivity index (χ0n) is 14.2. The van der Waals surface area contributed by atoms with E-state index in [1.54, 1.807) is 11.8 Å². The van der Waals surface area contributed by atoms with Crippen LogP contribution in [0, 0.1) is 5.82 Å². The van der Waals surface area contributed by atoms with Crippen molar-refractivity contribution >= 4 is 11.6 Å². The van der Waals surface area contributed by atoms with Gasteiger partial charge in [0.15, 0.2) is 0 Å². The molecule has 0 saturated carbocycles. The topological polar surface area (TPSA) is 46.3 Å². The average molecular weight is 326 g/mol. The van der Waals surface area contributed by atoms with Gasteiger partial charge in [0.1, 0.15) is 5.82 Å². The largest absolute Gasteiger partial charge is 0.330 e. The molecule has 1 aliphatic heterocycles. The molecule has 1 aliphatic rings. The van der Waals surface area contributed by atoms with Gasteiger partial charge in [-0.25, -0.2) is 4.39 Å². The SMILES string of the molecule is CC(=O)N1CCc2cc(-c3cc(C(C)CCN)ccc3F)ccc21. The molecular formula is C20H23FN2O. The molecule has 3 rings (SSSR count). The number of rotatable bonds is 4. The number of hydrogen-bond acceptors (Lipinski definition) is 2. The monoisotopic (exact) mass is 326 g/mol. The Bertz CT molecular complexity index is 772. The number of halogens is 1. The van der Waals surface area contributed by atoms with Crippen molar-refractivity contribution in [3.8, 4) is 11.1 Å². The average Bonchev–Trinajstić information content (AvgIpc) is 2.98. The molecule has 3 nitrogen and oxygen atoms in total. The molecule has 0 fully saturated rings. The summed E-state index contributed by atoms with van der Waals surface area (Å²) < 4.78 is 14.4. The highest BCUT2D eigenvalue weighted by Gasteiger charge is 2.22. The van der Waals surface area contributed by atoms with Gasteiger partial charge in [0.25, 0.3) is 0 Å². The maximum Gasteiger partial charge on any atom is 0.223 e. The molecule has 2 aromatic rings. The van der Waals surface area contributed by atoms with Crippen LogP contribution >= 0.6 is 0 Å². The standard InChI is InChI=1S/C20H23FN2O/c1-13(7-9-22)15-3-5-19(21)18(12-15)16-4-6-20-17(11-16)8-10-23(20)14(2)24/h3-6,11-13H,7-10,22H2,1-2H3. The van der Waals surface area contributed by atoms with Crippen molar-refractivity contribution < 1.29 is 9.18 Å². The van der Waals surface area contributed by atoms with Crippen molar-refractivity contribution in [1.29, 1.82) is 0 Å². The van der Waals surface area contributed by atoms with E-state index in [1.165, 1.54) is 6.07 Å². The van der Waals surface area contributed by atoms with Crippen molar-refractivity contribution in [1.82, 2.24) is 0 Å². The van der Waals surface area contributed by atoms with Gasteiger partial charge in [-0.3, -0.25) is 4.79 Å². The van der Waals surface area contributed by atoms with Gasteiger partial charge in [0.05, 0.1) is 0 Å². The van der Waals surface area contributed by atoms with Gasteiger partial charge in [-0.2, -0.15) is 0 Å². The summed E-state index contributed by atoms with van der Waals surface area (Å²) in [5, 5.41) is 0. The number of nitrogens with two attached hydrogens (primary N) is 1. The van der Waals surface area contributed by atoms with E-state index in [4.69, 9.17) is 5.73 Å². The molecule has 2 aromatic carbocycles. The Kier molecular flexibility index (Phi) is 4.67. The first-order valence-electron chi connectivity index (χ1n) is 8.42. The van der Waals surface area contributed by atoms with Crippen molar-refractivity contribution in [2.24, 2.45) is 5.73 Å². The Morgan fingerprint density at radius 1 is 1.29 bits per heavy atom. The lowest BCUT2D eigenvalue weighted by molar-refractivity contribution is -0.116. The molecular weight excluding hydrogens is 303 g/mol. The first kappa shape index (κ1) is 16.7. The number of nitrogens with zero attached hydrogens (tertiary/aromatic N) is 1. The molecule has 24 heavy (non-hydrogen) atoms. The van der Waals surface area contributed by atoms with Gasteiger partial charge in [0, 0.05) is 24.7 Å². The number of amides is 1. The zero-order valence-corrected chi connectivity index (χ0v) is 14.2. The fourth-order valence-electron chi connectivity index (χ4n) is 3.38. The van der Waals surface area contributed by atoms with E-state index in [9.17, 15) is 9.18 Å². The van der Waals surface area contributed by atoms with Crippen LogP contribution in [0.5, 0.6) is 0 Å². The molecule has 0 bridgehead atoms. The van der Waals surface area contributed by atoms with Gasteiger partial charge < -0.3 is 10.6 Å². The summed E-state index contributed by atoms with van der Waals surface area (Å²) in [6.45, 7) is 5.00. The van der Waals surface area contributed by atoms with Gasteiger partial charge in [-0.1, -0.05) is 19.1 Å². The van der Waals surface area contributed by atoms with E-state index in [1.807, 2.05) is 30.3 Å². The van der Waals surface area contributed by atoms with E-state index >= 15 is 0 Å². The van der Waals surface area contributed by atoms with Crippen LogP contribution in [0.3, 0.4) is 0 Å². The van der Waals surface area contributed by atoms with Crippen LogP contribution in [0.2, 0.25) is 0 Å². The first-order chi connectivity index (χ1) is 11.5. The van der Waals surface area contributed by atoms with Crippen molar-refractivity contribution in [2.45, 2.75) is 32.6 Å². The highest BCUT2D eigenvalue weighted by molar-refractivity contribution is 5.94. The summed E-state index contributed by atoms with van der Waals surface area (Å²) in [6.07, 6.45) is 1.69. The number of benzene rings is 2. The van der Waals surface area contributed by atoms with Gasteiger partial charge in [0.2, 0.25) is 5.91 Å². The minimum Gasteiger partial charge on any atom is -0.330 e. The summed E-state index contributed by atoms with van der Waals surface area (Å²) >= 11 is 0. The lowest BCUT2D eigenvalue weighted by Crippen LogP contribution is -2.25. The maximum atomic E-state index is 14.4. The second kappa shape index (κ2) is 6.73. The van der Waals surface area contributed by atoms with Crippen LogP contribution in [-0.2, 0) is 11.2 Å². The van der Waals surface area contributed by atoms with E-state index in [-0.39, 0.29) is 11.7 Å². The number of fused-ring (bicyclic) bond motifs is 1. The second-order valence-electron chi connectivity index (χ2n) is 6.48. The predicted molar refractivity (Wildman–Crippen MR) is 95.7 cm³/mol. The minimum atomic E-state index is -0.222. The Hall–Kier alpha value is -2.20. The molecule has 1 unspecified atom stereocenters. The minimum absolute atomic E-state index is 0.0466. The summed E-state index contributed by atoms with van der Waals surface area (Å²) in [5.74, 6) is 0.127. The van der Waals surface area contributed by atoms with Gasteiger partial charge >= 0.3 is 0 Å². The normalized spacial score (nSPS) is 14.6. The highest BCUT2D eigenvalue weighted by Crippen LogP contribution is 2.34. The lowest BCUT2D eigenvalue weighted by atomic mass is 9.93. The highest BCUT2D eigenvalue weighted by atomic mass is 19.1. The number of carbonyl (C=O) groups excluding carboxylic acids is 1. The third-order valence-electron chi connectivity index (χ3n) is 4.83. The summed E-state index contributed by atoms with van der Waals surface area (Å²) in [4.78, 5) is 13.4. The van der Waals surface area contributed by atoms with Crippen molar-refractivity contribution in [3.05, 3.63) is 53.3 Å². The molecule has 4 heteroatoms. The predicted octanol–water partition coefficient (Wildman–Crippen LogP) is 3.85. The Labute approximate surface area is 142 Å². The summed E-state index contributed by atoms with van der Waals surface area (Å²) in [5.41, 5.74) is 10.3. The van der Waals surface area contributed by atoms with E-state index < -0.39 is 0 Å². The fraction of sp³-hybridized carbons (Fsp3) is 0.350. The van der Waals surface area contributed by atoms with Crippen LogP contribution in [0.4, 0.5) is 10.1 Å². The summed E-state index contributed by atoms with van der Waals surface area (Å²) in [7, 11) is 0. The second-order valence-corrected chi connectivity index (χ2v) is 6.48. The number of hydrogen-bond donors (Lipinski definition) is 1. The van der Waals surface area contributed by atoms with E-state index in [2.05, 4.69) is 6.92 Å². The Morgan fingerprint density at radius 2 is 2.08 bits per heavy atom. The lowest BCUT2D eigenvalue weighted by Gasteiger charge is -2.16. The summed E-state index contributed by atoms with van der Waals surface area (Å²) in [6, 6.07) is 11.1. The Morgan fingerprint density at radius 3 is 2.79 bits per heavy atom. The zero-order chi connectivity index (χ0) is 17.3. The Balaban J connectivity index is 1.98. The van der Waals surface area contributed by atoms with Gasteiger partial charge in [-0.15, -0.1) is 0 Å². The first-order valence-corrected chi connectivity index (χ1v) is 8.42. The third-order valence-corrected chi connectivity index (χ3v) is 4.83. The molecule has 0 saturated heterocycles. The quantitative estimate of drug-likeness (QED) is 0.927. The molecule has 0 spiro atoms. The molecule has 0 aliphatic carbocycles. The van der Waals surface area contributed by atoms with Crippen molar-refractivity contribution in [2.75, 3.05) is 18.0 Å². The third kappa shape index (κ3) is 3.06. The van der Waals surface area contributed by atoms with Crippen LogP contribution in [0.15, 0.2) is 36.4 Å². The van der Waals surface area contributed by atoms with Crippen LogP contribution in [0.25, 0.3) is 11.1 Å². The molecule has 1 heterocycles. The molecule has 1 amide bonds. The van der Waals surface area contributed by atoms with Crippen LogP contribution in [0.1, 0.15) is 37.3 Å². The van der Waals surface area contributed by atoms with E-state index in [0.29, 0.717) is 24.6 Å². The van der Waals surface area contributed by atoms with Crippen LogP contribution in [-0.4, -0.2) is 19.0 Å².